The SMILES string of the molecule is Cn1cc(O)nc1-c1ccc(Cl)c(Br)c1. The maximum Gasteiger partial charge on any atom is 0.229 e. The number of hydrogen-bond donors (Lipinski definition) is 1. The van der Waals surface area contributed by atoms with Crippen molar-refractivity contribution in [2.75, 3.05) is 0 Å². The molecular formula is C10H8BrClN2O. The third-order valence-electron chi connectivity index (χ3n) is 2.04. The second kappa shape index (κ2) is 3.87. The summed E-state index contributed by atoms with van der Waals surface area (Å²) >= 11 is 9.23. The first-order valence-corrected chi connectivity index (χ1v) is 5.43. The molecule has 1 aromatic carbocycles. The van der Waals surface area contributed by atoms with Crippen molar-refractivity contribution in [1.82, 2.24) is 9.55 Å². The second-order valence-corrected chi connectivity index (χ2v) is 4.42. The molecular weight excluding hydrogens is 279 g/mol. The van der Waals surface area contributed by atoms with E-state index < -0.39 is 0 Å². The van der Waals surface area contributed by atoms with Crippen LogP contribution >= 0.6 is 27.5 Å². The van der Waals surface area contributed by atoms with E-state index in [1.54, 1.807) is 16.8 Å². The van der Waals surface area contributed by atoms with Gasteiger partial charge in [-0.3, -0.25) is 0 Å². The molecule has 0 fully saturated rings. The molecule has 2 rings (SSSR count). The van der Waals surface area contributed by atoms with Crippen LogP contribution in [0, 0.1) is 0 Å². The molecule has 5 heteroatoms. The van der Waals surface area contributed by atoms with Gasteiger partial charge in [-0.1, -0.05) is 11.6 Å². The largest absolute Gasteiger partial charge is 0.492 e. The van der Waals surface area contributed by atoms with Crippen LogP contribution in [0.25, 0.3) is 11.4 Å². The maximum atomic E-state index is 9.25. The van der Waals surface area contributed by atoms with Gasteiger partial charge in [-0.25, -0.2) is 0 Å². The van der Waals surface area contributed by atoms with E-state index in [1.807, 2.05) is 19.2 Å². The first-order chi connectivity index (χ1) is 7.08. The summed E-state index contributed by atoms with van der Waals surface area (Å²) in [6.45, 7) is 0. The van der Waals surface area contributed by atoms with Crippen LogP contribution in [0.1, 0.15) is 0 Å². The number of rotatable bonds is 1. The summed E-state index contributed by atoms with van der Waals surface area (Å²) in [5.41, 5.74) is 0.897. The molecule has 78 valence electrons. The van der Waals surface area contributed by atoms with Gasteiger partial charge in [-0.15, -0.1) is 0 Å². The molecule has 0 spiro atoms. The van der Waals surface area contributed by atoms with Gasteiger partial charge in [0.05, 0.1) is 11.2 Å². The van der Waals surface area contributed by atoms with Gasteiger partial charge in [0, 0.05) is 17.1 Å². The van der Waals surface area contributed by atoms with Crippen molar-refractivity contribution in [3.8, 4) is 17.3 Å². The number of hydrogen-bond acceptors (Lipinski definition) is 2. The zero-order valence-corrected chi connectivity index (χ0v) is 10.2. The Morgan fingerprint density at radius 3 is 2.73 bits per heavy atom. The summed E-state index contributed by atoms with van der Waals surface area (Å²) in [6, 6.07) is 5.51. The first-order valence-electron chi connectivity index (χ1n) is 4.25. The summed E-state index contributed by atoms with van der Waals surface area (Å²) in [5, 5.41) is 9.90. The Bertz CT molecular complexity index is 510. The number of aromatic nitrogens is 2. The van der Waals surface area contributed by atoms with Gasteiger partial charge < -0.3 is 9.67 Å². The summed E-state index contributed by atoms with van der Waals surface area (Å²) in [7, 11) is 1.82. The molecule has 0 saturated heterocycles. The predicted molar refractivity (Wildman–Crippen MR) is 63.0 cm³/mol. The molecule has 0 aliphatic rings. The van der Waals surface area contributed by atoms with Crippen LogP contribution in [-0.4, -0.2) is 14.7 Å². The highest BCUT2D eigenvalue weighted by Gasteiger charge is 2.08. The monoisotopic (exact) mass is 286 g/mol. The fraction of sp³-hybridized carbons (Fsp3) is 0.100. The van der Waals surface area contributed by atoms with Crippen molar-refractivity contribution in [1.29, 1.82) is 0 Å². The molecule has 0 aliphatic heterocycles. The van der Waals surface area contributed by atoms with E-state index in [-0.39, 0.29) is 5.88 Å². The quantitative estimate of drug-likeness (QED) is 0.874. The lowest BCUT2D eigenvalue weighted by Crippen LogP contribution is -1.90. The average Bonchev–Trinajstić information content (AvgIpc) is 2.50. The van der Waals surface area contributed by atoms with Gasteiger partial charge in [0.15, 0.2) is 0 Å². The Morgan fingerprint density at radius 1 is 1.47 bits per heavy atom. The lowest BCUT2D eigenvalue weighted by atomic mass is 10.2. The molecule has 0 atom stereocenters. The van der Waals surface area contributed by atoms with Crippen molar-refractivity contribution >= 4 is 27.5 Å². The van der Waals surface area contributed by atoms with E-state index in [0.29, 0.717) is 10.8 Å². The van der Waals surface area contributed by atoms with Crippen LogP contribution in [0.3, 0.4) is 0 Å². The highest BCUT2D eigenvalue weighted by molar-refractivity contribution is 9.10. The van der Waals surface area contributed by atoms with Crippen molar-refractivity contribution in [3.63, 3.8) is 0 Å². The van der Waals surface area contributed by atoms with Gasteiger partial charge in [-0.05, 0) is 34.1 Å². The number of nitrogens with zero attached hydrogens (tertiary/aromatic N) is 2. The van der Waals surface area contributed by atoms with Crippen LogP contribution in [0.15, 0.2) is 28.9 Å². The van der Waals surface area contributed by atoms with E-state index >= 15 is 0 Å². The van der Waals surface area contributed by atoms with Crippen LogP contribution < -0.4 is 0 Å². The number of benzene rings is 1. The molecule has 0 radical (unpaired) electrons. The lowest BCUT2D eigenvalue weighted by molar-refractivity contribution is 0.456. The summed E-state index contributed by atoms with van der Waals surface area (Å²) in [4.78, 5) is 4.01. The zero-order valence-electron chi connectivity index (χ0n) is 7.91. The average molecular weight is 288 g/mol. The van der Waals surface area contributed by atoms with Crippen LogP contribution in [0.4, 0.5) is 0 Å². The summed E-state index contributed by atoms with van der Waals surface area (Å²) in [5.74, 6) is 0.712. The van der Waals surface area contributed by atoms with Gasteiger partial charge in [0.25, 0.3) is 0 Å². The van der Waals surface area contributed by atoms with Crippen LogP contribution in [0.5, 0.6) is 5.88 Å². The van der Waals surface area contributed by atoms with E-state index in [9.17, 15) is 5.11 Å². The van der Waals surface area contributed by atoms with E-state index in [4.69, 9.17) is 11.6 Å². The third-order valence-corrected chi connectivity index (χ3v) is 3.26. The number of imidazole rings is 1. The van der Waals surface area contributed by atoms with Crippen LogP contribution in [0.2, 0.25) is 5.02 Å². The van der Waals surface area contributed by atoms with E-state index in [2.05, 4.69) is 20.9 Å². The van der Waals surface area contributed by atoms with E-state index in [1.165, 1.54) is 0 Å². The molecule has 15 heavy (non-hydrogen) atoms. The summed E-state index contributed by atoms with van der Waals surface area (Å²) < 4.78 is 2.56. The molecule has 3 nitrogen and oxygen atoms in total. The zero-order chi connectivity index (χ0) is 11.0. The van der Waals surface area contributed by atoms with Gasteiger partial charge in [-0.2, -0.15) is 4.98 Å². The highest BCUT2D eigenvalue weighted by atomic mass is 79.9. The molecule has 0 saturated carbocycles. The minimum atomic E-state index is 0.0126. The second-order valence-electron chi connectivity index (χ2n) is 3.16. The minimum absolute atomic E-state index is 0.0126. The molecule has 1 N–H and O–H groups in total. The smallest absolute Gasteiger partial charge is 0.229 e. The number of aryl methyl sites for hydroxylation is 1. The minimum Gasteiger partial charge on any atom is -0.492 e. The van der Waals surface area contributed by atoms with Crippen molar-refractivity contribution in [3.05, 3.63) is 33.9 Å². The summed E-state index contributed by atoms with van der Waals surface area (Å²) in [6.07, 6.45) is 1.55. The number of aromatic hydroxyl groups is 1. The molecule has 1 aromatic heterocycles. The molecule has 1 heterocycles. The maximum absolute atomic E-state index is 9.25. The third kappa shape index (κ3) is 2.01. The standard InChI is InChI=1S/C10H8BrClN2O/c1-14-5-9(15)13-10(14)6-2-3-8(12)7(11)4-6/h2-5,15H,1H3. The lowest BCUT2D eigenvalue weighted by Gasteiger charge is -2.02. The Balaban J connectivity index is 2.54. The van der Waals surface area contributed by atoms with Crippen molar-refractivity contribution in [2.45, 2.75) is 0 Å². The predicted octanol–water partition coefficient (Wildman–Crippen LogP) is 3.21. The van der Waals surface area contributed by atoms with Gasteiger partial charge in [0.2, 0.25) is 5.88 Å². The topological polar surface area (TPSA) is 38.0 Å². The van der Waals surface area contributed by atoms with E-state index in [0.717, 1.165) is 10.0 Å². The molecule has 0 bridgehead atoms. The van der Waals surface area contributed by atoms with Crippen molar-refractivity contribution in [2.24, 2.45) is 7.05 Å². The normalized spacial score (nSPS) is 10.6. The highest BCUT2D eigenvalue weighted by Crippen LogP contribution is 2.28. The fourth-order valence-electron chi connectivity index (χ4n) is 1.35. The number of halogens is 2. The Hall–Kier alpha value is -1.000. The van der Waals surface area contributed by atoms with Crippen molar-refractivity contribution < 1.29 is 5.11 Å². The first kappa shape index (κ1) is 10.5. The molecule has 0 unspecified atom stereocenters. The Morgan fingerprint density at radius 2 is 2.20 bits per heavy atom. The molecule has 0 aliphatic carbocycles. The fourth-order valence-corrected chi connectivity index (χ4v) is 1.85. The molecule has 0 amide bonds. The van der Waals surface area contributed by atoms with Crippen LogP contribution in [-0.2, 0) is 7.05 Å². The van der Waals surface area contributed by atoms with Gasteiger partial charge >= 0.3 is 0 Å². The van der Waals surface area contributed by atoms with Gasteiger partial charge in [0.1, 0.15) is 5.82 Å². The Kier molecular flexibility index (Phi) is 2.71. The molecule has 2 aromatic rings. The Labute approximate surface area is 100 Å².